The van der Waals surface area contributed by atoms with E-state index in [9.17, 15) is 28.8 Å². The van der Waals surface area contributed by atoms with E-state index in [0.717, 1.165) is 38.7 Å². The van der Waals surface area contributed by atoms with E-state index < -0.39 is 65.6 Å². The molecule has 5 atom stereocenters. The Morgan fingerprint density at radius 1 is 0.750 bits per heavy atom. The second-order valence-electron chi connectivity index (χ2n) is 15.8. The first-order valence-electron chi connectivity index (χ1n) is 21.5. The van der Waals surface area contributed by atoms with Crippen molar-refractivity contribution in [3.8, 4) is 11.1 Å². The lowest BCUT2D eigenvalue weighted by atomic mass is 9.90. The van der Waals surface area contributed by atoms with Gasteiger partial charge in [-0.05, 0) is 80.3 Å². The van der Waals surface area contributed by atoms with E-state index in [1.807, 2.05) is 72.8 Å². The Morgan fingerprint density at radius 2 is 1.36 bits per heavy atom. The molecule has 5 amide bonds. The number of nitrogens with zero attached hydrogens (tertiary/aromatic N) is 1. The summed E-state index contributed by atoms with van der Waals surface area (Å²) in [5, 5.41) is 11.7. The van der Waals surface area contributed by atoms with E-state index in [0.29, 0.717) is 6.42 Å². The Morgan fingerprint density at radius 3 is 2.00 bits per heavy atom. The number of aromatic nitrogens is 1. The highest BCUT2D eigenvalue weighted by Crippen LogP contribution is 2.44. The quantitative estimate of drug-likeness (QED) is 0.0230. The zero-order chi connectivity index (χ0) is 46.2. The average molecular weight is 874 g/mol. The smallest absolute Gasteiger partial charge is 0.407 e. The molecule has 0 fully saturated rings. The first-order chi connectivity index (χ1) is 30.8. The molecule has 0 aliphatic heterocycles. The third kappa shape index (κ3) is 12.9. The number of aliphatic imine (C=N–C) groups is 1. The van der Waals surface area contributed by atoms with Gasteiger partial charge in [0.05, 0.1) is 6.04 Å². The van der Waals surface area contributed by atoms with E-state index in [-0.39, 0.29) is 57.1 Å². The van der Waals surface area contributed by atoms with Gasteiger partial charge in [0.2, 0.25) is 23.6 Å². The largest absolute Gasteiger partial charge is 0.449 e. The van der Waals surface area contributed by atoms with Crippen molar-refractivity contribution in [1.29, 1.82) is 0 Å². The maximum absolute atomic E-state index is 14.3. The summed E-state index contributed by atoms with van der Waals surface area (Å²) in [6.07, 6.45) is 8.34. The average Bonchev–Trinajstić information content (AvgIpc) is 3.84. The standard InChI is InChI=1S/C48H59N9O7/c1-4-6-21-39(43(49)59)55-45(61)30(15-14-24-52-47(50)51)26-42(58)41(25-31-27-53-38-23-13-12-16-32(31)38)56-44(60)29(3)54-46(62)40(22-7-5-2)57-48(63)64-28-37-35-19-10-8-17-33(35)34-18-9-11-20-36(34)37/h4-13,16-20,23,27,29-30,37,39-41,53H,14-15,21-22,24-26,28H2,1-3H3,(H2,49,59)(H,54,62)(H,55,61)(H,56,60)(H,57,63)(H4,50,51,52)/t29-,30+,39-,40-,41-/m0/s1. The van der Waals surface area contributed by atoms with Gasteiger partial charge in [0, 0.05) is 48.3 Å². The Hall–Kier alpha value is -7.23. The number of guanidine groups is 1. The van der Waals surface area contributed by atoms with Gasteiger partial charge in [0.15, 0.2) is 11.7 Å². The molecule has 3 aromatic carbocycles. The van der Waals surface area contributed by atoms with Gasteiger partial charge in [-0.1, -0.05) is 91.0 Å². The van der Waals surface area contributed by atoms with Crippen LogP contribution in [0.3, 0.4) is 0 Å². The number of benzene rings is 3. The fourth-order valence-electron chi connectivity index (χ4n) is 7.79. The summed E-state index contributed by atoms with van der Waals surface area (Å²) in [6.45, 7) is 5.25. The number of rotatable bonds is 23. The number of hydrogen-bond acceptors (Lipinski definition) is 8. The Balaban J connectivity index is 1.29. The molecule has 1 aliphatic rings. The number of amides is 5. The maximum atomic E-state index is 14.3. The number of para-hydroxylation sites is 1. The molecule has 0 saturated carbocycles. The lowest BCUT2D eigenvalue weighted by Crippen LogP contribution is -2.55. The van der Waals surface area contributed by atoms with Gasteiger partial charge < -0.3 is 48.2 Å². The lowest BCUT2D eigenvalue weighted by Gasteiger charge is -2.25. The normalized spacial score (nSPS) is 14.4. The van der Waals surface area contributed by atoms with E-state index in [2.05, 4.69) is 31.2 Å². The van der Waals surface area contributed by atoms with Crippen LogP contribution in [0.2, 0.25) is 0 Å². The first-order valence-corrected chi connectivity index (χ1v) is 21.5. The Labute approximate surface area is 372 Å². The number of hydrogen-bond donors (Lipinski definition) is 8. The van der Waals surface area contributed by atoms with E-state index in [1.54, 1.807) is 44.3 Å². The molecule has 16 heteroatoms. The Kier molecular flexibility index (Phi) is 17.4. The zero-order valence-electron chi connectivity index (χ0n) is 36.5. The fourth-order valence-corrected chi connectivity index (χ4v) is 7.79. The molecule has 4 aromatic rings. The number of aromatic amines is 1. The number of carbonyl (C=O) groups excluding carboxylic acids is 6. The highest BCUT2D eigenvalue weighted by Gasteiger charge is 2.33. The molecule has 64 heavy (non-hydrogen) atoms. The van der Waals surface area contributed by atoms with Crippen molar-refractivity contribution in [1.82, 2.24) is 26.3 Å². The van der Waals surface area contributed by atoms with Gasteiger partial charge in [0.1, 0.15) is 24.7 Å². The number of allylic oxidation sites excluding steroid dienone is 2. The molecule has 11 N–H and O–H groups in total. The van der Waals surface area contributed by atoms with Crippen LogP contribution in [0.15, 0.2) is 108 Å². The monoisotopic (exact) mass is 873 g/mol. The van der Waals surface area contributed by atoms with Gasteiger partial charge >= 0.3 is 6.09 Å². The molecule has 0 spiro atoms. The number of alkyl carbamates (subject to hydrolysis) is 1. The van der Waals surface area contributed by atoms with Crippen LogP contribution in [0.1, 0.15) is 75.5 Å². The number of ketones is 1. The van der Waals surface area contributed by atoms with Crippen LogP contribution in [0.25, 0.3) is 22.0 Å². The minimum atomic E-state index is -1.16. The topological polar surface area (TPSA) is 266 Å². The van der Waals surface area contributed by atoms with Crippen LogP contribution in [-0.2, 0) is 35.1 Å². The van der Waals surface area contributed by atoms with Crippen molar-refractivity contribution < 1.29 is 33.5 Å². The van der Waals surface area contributed by atoms with Crippen molar-refractivity contribution in [2.75, 3.05) is 13.2 Å². The predicted molar refractivity (Wildman–Crippen MR) is 247 cm³/mol. The summed E-state index contributed by atoms with van der Waals surface area (Å²) in [7, 11) is 0. The number of carbonyl (C=O) groups is 6. The second-order valence-corrected chi connectivity index (χ2v) is 15.8. The van der Waals surface area contributed by atoms with E-state index in [1.165, 1.54) is 6.92 Å². The molecule has 0 bridgehead atoms. The molecule has 1 aliphatic carbocycles. The van der Waals surface area contributed by atoms with Crippen LogP contribution in [0.5, 0.6) is 0 Å². The summed E-state index contributed by atoms with van der Waals surface area (Å²) < 4.78 is 5.71. The van der Waals surface area contributed by atoms with E-state index in [4.69, 9.17) is 21.9 Å². The number of fused-ring (bicyclic) bond motifs is 4. The molecular formula is C48H59N9O7. The molecule has 16 nitrogen and oxygen atoms in total. The van der Waals surface area contributed by atoms with Crippen LogP contribution in [0, 0.1) is 5.92 Å². The van der Waals surface area contributed by atoms with Crippen molar-refractivity contribution >= 4 is 52.4 Å². The number of nitrogens with two attached hydrogens (primary N) is 3. The lowest BCUT2D eigenvalue weighted by molar-refractivity contribution is -0.134. The predicted octanol–water partition coefficient (Wildman–Crippen LogP) is 4.14. The minimum absolute atomic E-state index is 0.0448. The SMILES string of the molecule is CC=CC[C@H](NC(=O)[C@H](CCCN=C(N)N)CC(=O)[C@H](Cc1c[nH]c2ccccc12)NC(=O)[C@H](C)NC(=O)[C@H](CC=CC)NC(=O)OCC1c2ccccc2-c2ccccc21)C(N)=O. The number of nitrogens with one attached hydrogen (secondary N) is 5. The highest BCUT2D eigenvalue weighted by atomic mass is 16.5. The number of primary amides is 1. The summed E-state index contributed by atoms with van der Waals surface area (Å²) in [4.78, 5) is 88.3. The van der Waals surface area contributed by atoms with Crippen LogP contribution < -0.4 is 38.5 Å². The first kappa shape index (κ1) is 47.8. The molecule has 338 valence electrons. The highest BCUT2D eigenvalue weighted by molar-refractivity contribution is 5.97. The maximum Gasteiger partial charge on any atom is 0.407 e. The molecule has 0 radical (unpaired) electrons. The summed E-state index contributed by atoms with van der Waals surface area (Å²) in [6, 6.07) is 19.0. The minimum Gasteiger partial charge on any atom is -0.449 e. The molecule has 1 heterocycles. The van der Waals surface area contributed by atoms with Crippen LogP contribution in [0.4, 0.5) is 4.79 Å². The third-order valence-corrected chi connectivity index (χ3v) is 11.2. The Bertz CT molecular complexity index is 2340. The van der Waals surface area contributed by atoms with Crippen molar-refractivity contribution in [3.05, 3.63) is 120 Å². The third-order valence-electron chi connectivity index (χ3n) is 11.2. The number of ether oxygens (including phenoxy) is 1. The van der Waals surface area contributed by atoms with Crippen LogP contribution >= 0.6 is 0 Å². The summed E-state index contributed by atoms with van der Waals surface area (Å²) in [5.74, 6) is -4.34. The van der Waals surface area contributed by atoms with Gasteiger partial charge in [-0.3, -0.25) is 29.0 Å². The molecule has 0 saturated heterocycles. The fraction of sp³-hybridized carbons (Fsp3) is 0.354. The molecule has 1 aromatic heterocycles. The second kappa shape index (κ2) is 23.3. The number of H-pyrrole nitrogens is 1. The summed E-state index contributed by atoms with van der Waals surface area (Å²) in [5.41, 5.74) is 22.4. The molecule has 5 rings (SSSR count). The van der Waals surface area contributed by atoms with Gasteiger partial charge in [-0.2, -0.15) is 0 Å². The molecular weight excluding hydrogens is 815 g/mol. The van der Waals surface area contributed by atoms with Gasteiger partial charge in [-0.15, -0.1) is 0 Å². The van der Waals surface area contributed by atoms with Gasteiger partial charge in [0.25, 0.3) is 0 Å². The van der Waals surface area contributed by atoms with E-state index >= 15 is 0 Å². The molecule has 0 unspecified atom stereocenters. The van der Waals surface area contributed by atoms with Crippen molar-refractivity contribution in [2.24, 2.45) is 28.1 Å². The number of Topliss-reactive ketones (excluding diaryl/α,β-unsaturated/α-hetero) is 1. The van der Waals surface area contributed by atoms with Crippen molar-refractivity contribution in [3.63, 3.8) is 0 Å². The van der Waals surface area contributed by atoms with Crippen molar-refractivity contribution in [2.45, 2.75) is 89.4 Å². The zero-order valence-corrected chi connectivity index (χ0v) is 36.5. The van der Waals surface area contributed by atoms with Gasteiger partial charge in [-0.25, -0.2) is 4.79 Å². The van der Waals surface area contributed by atoms with Crippen LogP contribution in [-0.4, -0.2) is 83.8 Å². The summed E-state index contributed by atoms with van der Waals surface area (Å²) >= 11 is 0.